The van der Waals surface area contributed by atoms with Gasteiger partial charge in [-0.2, -0.15) is 0 Å². The van der Waals surface area contributed by atoms with E-state index in [4.69, 9.17) is 10.8 Å². The van der Waals surface area contributed by atoms with Crippen molar-refractivity contribution in [3.8, 4) is 0 Å². The van der Waals surface area contributed by atoms with Crippen LogP contribution in [0.4, 0.5) is 0 Å². The van der Waals surface area contributed by atoms with Crippen LogP contribution in [0.5, 0.6) is 0 Å². The van der Waals surface area contributed by atoms with Crippen LogP contribution in [0.25, 0.3) is 0 Å². The molecule has 0 aromatic carbocycles. The van der Waals surface area contributed by atoms with Crippen molar-refractivity contribution in [3.63, 3.8) is 0 Å². The minimum atomic E-state index is -1.12. The smallest absolute Gasteiger partial charge is 0.328 e. The number of rotatable bonds is 3. The summed E-state index contributed by atoms with van der Waals surface area (Å²) in [6.45, 7) is 0. The SMILES string of the molecule is NC(C(=O)O)c1ncc(C2CC2)cn1. The van der Waals surface area contributed by atoms with Crippen molar-refractivity contribution >= 4 is 5.97 Å². The Balaban J connectivity index is 2.16. The summed E-state index contributed by atoms with van der Waals surface area (Å²) >= 11 is 0. The summed E-state index contributed by atoms with van der Waals surface area (Å²) in [4.78, 5) is 18.4. The highest BCUT2D eigenvalue weighted by atomic mass is 16.4. The van der Waals surface area contributed by atoms with Crippen LogP contribution >= 0.6 is 0 Å². The number of carboxylic acids is 1. The average Bonchev–Trinajstić information content (AvgIpc) is 3.00. The van der Waals surface area contributed by atoms with Crippen molar-refractivity contribution in [3.05, 3.63) is 23.8 Å². The van der Waals surface area contributed by atoms with Gasteiger partial charge in [0.15, 0.2) is 11.9 Å². The predicted molar refractivity (Wildman–Crippen MR) is 48.6 cm³/mol. The topological polar surface area (TPSA) is 89.1 Å². The lowest BCUT2D eigenvalue weighted by Crippen LogP contribution is -2.23. The molecule has 0 radical (unpaired) electrons. The lowest BCUT2D eigenvalue weighted by Gasteiger charge is -2.04. The normalized spacial score (nSPS) is 17.8. The molecule has 1 aliphatic carbocycles. The average molecular weight is 193 g/mol. The molecule has 3 N–H and O–H groups in total. The minimum absolute atomic E-state index is 0.168. The van der Waals surface area contributed by atoms with Crippen LogP contribution in [0.15, 0.2) is 12.4 Å². The van der Waals surface area contributed by atoms with Crippen LogP contribution in [0.3, 0.4) is 0 Å². The maximum Gasteiger partial charge on any atom is 0.328 e. The molecule has 1 aromatic heterocycles. The molecule has 14 heavy (non-hydrogen) atoms. The number of hydrogen-bond donors (Lipinski definition) is 2. The quantitative estimate of drug-likeness (QED) is 0.727. The van der Waals surface area contributed by atoms with Crippen LogP contribution in [0.1, 0.15) is 36.2 Å². The fourth-order valence-electron chi connectivity index (χ4n) is 1.25. The van der Waals surface area contributed by atoms with E-state index in [-0.39, 0.29) is 5.82 Å². The third-order valence-corrected chi connectivity index (χ3v) is 2.28. The summed E-state index contributed by atoms with van der Waals surface area (Å²) in [7, 11) is 0. The van der Waals surface area contributed by atoms with Crippen LogP contribution in [0, 0.1) is 0 Å². The number of carboxylic acid groups (broad SMARTS) is 1. The monoisotopic (exact) mass is 193 g/mol. The third-order valence-electron chi connectivity index (χ3n) is 2.28. The van der Waals surface area contributed by atoms with E-state index >= 15 is 0 Å². The summed E-state index contributed by atoms with van der Waals surface area (Å²) < 4.78 is 0. The van der Waals surface area contributed by atoms with Crippen molar-refractivity contribution in [1.82, 2.24) is 9.97 Å². The van der Waals surface area contributed by atoms with Gasteiger partial charge in [0.2, 0.25) is 0 Å². The van der Waals surface area contributed by atoms with Crippen LogP contribution in [0.2, 0.25) is 0 Å². The Labute approximate surface area is 81.0 Å². The standard InChI is InChI=1S/C9H11N3O2/c10-7(9(13)14)8-11-3-6(4-12-8)5-1-2-5/h3-5,7H,1-2,10H2,(H,13,14). The lowest BCUT2D eigenvalue weighted by molar-refractivity contribution is -0.138. The first-order valence-electron chi connectivity index (χ1n) is 4.48. The van der Waals surface area contributed by atoms with Crippen molar-refractivity contribution in [2.24, 2.45) is 5.73 Å². The Hall–Kier alpha value is -1.49. The first kappa shape index (κ1) is 9.08. The summed E-state index contributed by atoms with van der Waals surface area (Å²) in [5.74, 6) is -0.365. The second kappa shape index (κ2) is 3.34. The molecule has 0 aliphatic heterocycles. The predicted octanol–water partition coefficient (Wildman–Crippen LogP) is 0.438. The van der Waals surface area contributed by atoms with Gasteiger partial charge in [0.25, 0.3) is 0 Å². The number of aromatic nitrogens is 2. The largest absolute Gasteiger partial charge is 0.480 e. The van der Waals surface area contributed by atoms with E-state index < -0.39 is 12.0 Å². The van der Waals surface area contributed by atoms with E-state index in [0.717, 1.165) is 5.56 Å². The van der Waals surface area contributed by atoms with Crippen molar-refractivity contribution < 1.29 is 9.90 Å². The molecular weight excluding hydrogens is 182 g/mol. The maximum absolute atomic E-state index is 10.5. The molecule has 2 rings (SSSR count). The van der Waals surface area contributed by atoms with Gasteiger partial charge in [-0.1, -0.05) is 0 Å². The number of nitrogens with zero attached hydrogens (tertiary/aromatic N) is 2. The van der Waals surface area contributed by atoms with E-state index in [1.165, 1.54) is 12.8 Å². The Bertz CT molecular complexity index is 346. The molecule has 1 heterocycles. The van der Waals surface area contributed by atoms with E-state index in [2.05, 4.69) is 9.97 Å². The van der Waals surface area contributed by atoms with Gasteiger partial charge in [-0.05, 0) is 24.3 Å². The van der Waals surface area contributed by atoms with E-state index in [1.807, 2.05) is 0 Å². The van der Waals surface area contributed by atoms with Gasteiger partial charge in [-0.15, -0.1) is 0 Å². The van der Waals surface area contributed by atoms with Crippen LogP contribution in [-0.4, -0.2) is 21.0 Å². The maximum atomic E-state index is 10.5. The summed E-state index contributed by atoms with van der Waals surface area (Å²) in [6.07, 6.45) is 5.69. The molecule has 0 saturated heterocycles. The van der Waals surface area contributed by atoms with Gasteiger partial charge < -0.3 is 10.8 Å². The highest BCUT2D eigenvalue weighted by Gasteiger charge is 2.25. The van der Waals surface area contributed by atoms with Gasteiger partial charge in [-0.25, -0.2) is 9.97 Å². The zero-order valence-electron chi connectivity index (χ0n) is 7.55. The van der Waals surface area contributed by atoms with E-state index in [0.29, 0.717) is 5.92 Å². The molecule has 1 fully saturated rings. The fraction of sp³-hybridized carbons (Fsp3) is 0.444. The highest BCUT2D eigenvalue weighted by Crippen LogP contribution is 2.39. The van der Waals surface area contributed by atoms with E-state index in [9.17, 15) is 4.79 Å². The molecule has 1 unspecified atom stereocenters. The third kappa shape index (κ3) is 1.72. The van der Waals surface area contributed by atoms with Crippen molar-refractivity contribution in [1.29, 1.82) is 0 Å². The first-order valence-corrected chi connectivity index (χ1v) is 4.48. The Morgan fingerprint density at radius 3 is 2.50 bits per heavy atom. The number of hydrogen-bond acceptors (Lipinski definition) is 4. The lowest BCUT2D eigenvalue weighted by atomic mass is 10.2. The molecule has 1 aliphatic rings. The van der Waals surface area contributed by atoms with Gasteiger partial charge >= 0.3 is 5.97 Å². The molecule has 5 nitrogen and oxygen atoms in total. The molecular formula is C9H11N3O2. The molecule has 74 valence electrons. The molecule has 5 heteroatoms. The Morgan fingerprint density at radius 1 is 1.50 bits per heavy atom. The number of aliphatic carboxylic acids is 1. The zero-order chi connectivity index (χ0) is 10.1. The highest BCUT2D eigenvalue weighted by molar-refractivity contribution is 5.73. The van der Waals surface area contributed by atoms with Gasteiger partial charge in [0, 0.05) is 12.4 Å². The van der Waals surface area contributed by atoms with Crippen molar-refractivity contribution in [2.75, 3.05) is 0 Å². The molecule has 1 atom stereocenters. The van der Waals surface area contributed by atoms with Gasteiger partial charge in [-0.3, -0.25) is 4.79 Å². The van der Waals surface area contributed by atoms with Crippen molar-refractivity contribution in [2.45, 2.75) is 24.8 Å². The molecule has 1 saturated carbocycles. The fourth-order valence-corrected chi connectivity index (χ4v) is 1.25. The summed E-state index contributed by atoms with van der Waals surface area (Å²) in [5, 5.41) is 8.62. The second-order valence-corrected chi connectivity index (χ2v) is 3.46. The second-order valence-electron chi connectivity index (χ2n) is 3.46. The Morgan fingerprint density at radius 2 is 2.07 bits per heavy atom. The zero-order valence-corrected chi connectivity index (χ0v) is 7.55. The molecule has 0 spiro atoms. The van der Waals surface area contributed by atoms with Crippen LogP contribution < -0.4 is 5.73 Å². The molecule has 0 amide bonds. The minimum Gasteiger partial charge on any atom is -0.480 e. The summed E-state index contributed by atoms with van der Waals surface area (Å²) in [6, 6.07) is -1.12. The Kier molecular flexibility index (Phi) is 2.17. The number of nitrogens with two attached hydrogens (primary N) is 1. The van der Waals surface area contributed by atoms with Crippen LogP contribution in [-0.2, 0) is 4.79 Å². The molecule has 1 aromatic rings. The number of carbonyl (C=O) groups is 1. The van der Waals surface area contributed by atoms with E-state index in [1.54, 1.807) is 12.4 Å². The first-order chi connectivity index (χ1) is 6.68. The van der Waals surface area contributed by atoms with Gasteiger partial charge in [0.1, 0.15) is 0 Å². The molecule has 0 bridgehead atoms. The van der Waals surface area contributed by atoms with Gasteiger partial charge in [0.05, 0.1) is 0 Å². The summed E-state index contributed by atoms with van der Waals surface area (Å²) in [5.41, 5.74) is 6.43.